The molecule has 1 aliphatic rings. The number of carbonyl (C=O) groups is 2. The molecule has 1 saturated heterocycles. The Balaban J connectivity index is 1.65. The standard InChI is InChI=1S/C25H31NO5/c1-25(2,23(28)17-27)31-22-8-4-6-19(15-22)20-7-5-13-26(16-20)24(29)14-18-9-11-21(30-3)12-10-18/h4,6,8-12,15,20,27H,5,7,13-14,16-17H2,1-3H3. The van der Waals surface area contributed by atoms with E-state index in [4.69, 9.17) is 14.6 Å². The minimum atomic E-state index is -1.10. The highest BCUT2D eigenvalue weighted by Crippen LogP contribution is 2.30. The van der Waals surface area contributed by atoms with Gasteiger partial charge >= 0.3 is 0 Å². The fourth-order valence-electron chi connectivity index (χ4n) is 3.88. The number of rotatable bonds is 8. The van der Waals surface area contributed by atoms with E-state index in [-0.39, 0.29) is 17.6 Å². The number of Topliss-reactive ketones (excluding diaryl/α,β-unsaturated/α-hetero) is 1. The maximum absolute atomic E-state index is 12.9. The Bertz CT molecular complexity index is 906. The van der Waals surface area contributed by atoms with Crippen molar-refractivity contribution in [3.05, 3.63) is 59.7 Å². The van der Waals surface area contributed by atoms with E-state index in [0.717, 1.165) is 36.3 Å². The van der Waals surface area contributed by atoms with Gasteiger partial charge in [-0.15, -0.1) is 0 Å². The summed E-state index contributed by atoms with van der Waals surface area (Å²) in [4.78, 5) is 26.7. The lowest BCUT2D eigenvalue weighted by Crippen LogP contribution is -2.40. The number of piperidine rings is 1. The molecule has 6 heteroatoms. The Morgan fingerprint density at radius 1 is 1.13 bits per heavy atom. The number of hydrogen-bond donors (Lipinski definition) is 1. The molecular weight excluding hydrogens is 394 g/mol. The molecule has 1 N–H and O–H groups in total. The molecule has 0 bridgehead atoms. The first-order chi connectivity index (χ1) is 14.8. The van der Waals surface area contributed by atoms with Crippen LogP contribution in [0.15, 0.2) is 48.5 Å². The molecule has 1 fully saturated rings. The highest BCUT2D eigenvalue weighted by molar-refractivity contribution is 5.87. The SMILES string of the molecule is COc1ccc(CC(=O)N2CCCC(c3cccc(OC(C)(C)C(=O)CO)c3)C2)cc1. The minimum absolute atomic E-state index is 0.122. The van der Waals surface area contributed by atoms with Gasteiger partial charge in [-0.25, -0.2) is 0 Å². The summed E-state index contributed by atoms with van der Waals surface area (Å²) in [5.74, 6) is 1.34. The summed E-state index contributed by atoms with van der Waals surface area (Å²) in [7, 11) is 1.62. The van der Waals surface area contributed by atoms with Crippen molar-refractivity contribution in [2.45, 2.75) is 44.6 Å². The molecule has 31 heavy (non-hydrogen) atoms. The summed E-state index contributed by atoms with van der Waals surface area (Å²) >= 11 is 0. The third-order valence-electron chi connectivity index (χ3n) is 5.81. The van der Waals surface area contributed by atoms with Gasteiger partial charge in [0, 0.05) is 19.0 Å². The molecule has 0 saturated carbocycles. The second kappa shape index (κ2) is 9.96. The van der Waals surface area contributed by atoms with Crippen molar-refractivity contribution < 1.29 is 24.2 Å². The Labute approximate surface area is 183 Å². The number of amides is 1. The van der Waals surface area contributed by atoms with Crippen molar-refractivity contribution in [3.63, 3.8) is 0 Å². The van der Waals surface area contributed by atoms with Gasteiger partial charge in [0.25, 0.3) is 0 Å². The van der Waals surface area contributed by atoms with Gasteiger partial charge in [-0.2, -0.15) is 0 Å². The van der Waals surface area contributed by atoms with E-state index in [1.165, 1.54) is 0 Å². The quantitative estimate of drug-likeness (QED) is 0.702. The van der Waals surface area contributed by atoms with Crippen molar-refractivity contribution in [1.82, 2.24) is 4.90 Å². The molecule has 166 valence electrons. The van der Waals surface area contributed by atoms with Gasteiger partial charge in [0.2, 0.25) is 11.7 Å². The number of nitrogens with zero attached hydrogens (tertiary/aromatic N) is 1. The molecule has 0 aliphatic carbocycles. The highest BCUT2D eigenvalue weighted by Gasteiger charge is 2.30. The van der Waals surface area contributed by atoms with Crippen molar-refractivity contribution >= 4 is 11.7 Å². The molecule has 0 radical (unpaired) electrons. The number of ketones is 1. The van der Waals surface area contributed by atoms with Gasteiger partial charge in [0.05, 0.1) is 13.5 Å². The lowest BCUT2D eigenvalue weighted by atomic mass is 9.90. The van der Waals surface area contributed by atoms with Crippen LogP contribution in [0.5, 0.6) is 11.5 Å². The number of ether oxygens (including phenoxy) is 2. The predicted octanol–water partition coefficient (Wildman–Crippen LogP) is 3.36. The number of aliphatic hydroxyl groups is 1. The summed E-state index contributed by atoms with van der Waals surface area (Å²) in [6, 6.07) is 15.3. The van der Waals surface area contributed by atoms with Crippen LogP contribution in [0.25, 0.3) is 0 Å². The highest BCUT2D eigenvalue weighted by atomic mass is 16.5. The van der Waals surface area contributed by atoms with Crippen LogP contribution >= 0.6 is 0 Å². The van der Waals surface area contributed by atoms with Crippen molar-refractivity contribution in [2.24, 2.45) is 0 Å². The summed E-state index contributed by atoms with van der Waals surface area (Å²) in [6.07, 6.45) is 2.31. The molecule has 6 nitrogen and oxygen atoms in total. The maximum Gasteiger partial charge on any atom is 0.227 e. The predicted molar refractivity (Wildman–Crippen MR) is 118 cm³/mol. The average Bonchev–Trinajstić information content (AvgIpc) is 2.79. The Kier molecular flexibility index (Phi) is 7.33. The van der Waals surface area contributed by atoms with Crippen molar-refractivity contribution in [1.29, 1.82) is 0 Å². The average molecular weight is 426 g/mol. The van der Waals surface area contributed by atoms with E-state index in [9.17, 15) is 9.59 Å². The topological polar surface area (TPSA) is 76.1 Å². The van der Waals surface area contributed by atoms with Crippen LogP contribution in [-0.2, 0) is 16.0 Å². The van der Waals surface area contributed by atoms with Gasteiger partial charge in [-0.3, -0.25) is 9.59 Å². The van der Waals surface area contributed by atoms with Gasteiger partial charge in [0.1, 0.15) is 18.1 Å². The number of hydrogen-bond acceptors (Lipinski definition) is 5. The largest absolute Gasteiger partial charge is 0.497 e. The normalized spacial score (nSPS) is 16.6. The molecule has 2 aromatic carbocycles. The van der Waals surface area contributed by atoms with Gasteiger partial charge in [0.15, 0.2) is 5.60 Å². The Morgan fingerprint density at radius 2 is 1.87 bits per heavy atom. The molecule has 1 atom stereocenters. The van der Waals surface area contributed by atoms with Crippen LogP contribution in [0.1, 0.15) is 43.7 Å². The molecule has 0 spiro atoms. The zero-order chi connectivity index (χ0) is 22.4. The molecular formula is C25H31NO5. The van der Waals surface area contributed by atoms with Crippen LogP contribution in [0.3, 0.4) is 0 Å². The molecule has 2 aromatic rings. The van der Waals surface area contributed by atoms with E-state index in [1.807, 2.05) is 53.4 Å². The third-order valence-corrected chi connectivity index (χ3v) is 5.81. The van der Waals surface area contributed by atoms with Crippen LogP contribution < -0.4 is 9.47 Å². The number of benzene rings is 2. The van der Waals surface area contributed by atoms with Crippen LogP contribution in [0, 0.1) is 0 Å². The zero-order valence-corrected chi connectivity index (χ0v) is 18.5. The van der Waals surface area contributed by atoms with Crippen LogP contribution in [0.4, 0.5) is 0 Å². The van der Waals surface area contributed by atoms with Crippen LogP contribution in [-0.4, -0.2) is 54.1 Å². The molecule has 1 unspecified atom stereocenters. The number of likely N-dealkylation sites (tertiary alicyclic amines) is 1. The van der Waals surface area contributed by atoms with E-state index in [0.29, 0.717) is 18.7 Å². The molecule has 1 heterocycles. The van der Waals surface area contributed by atoms with Gasteiger partial charge < -0.3 is 19.5 Å². The van der Waals surface area contributed by atoms with Crippen LogP contribution in [0.2, 0.25) is 0 Å². The fourth-order valence-corrected chi connectivity index (χ4v) is 3.88. The summed E-state index contributed by atoms with van der Waals surface area (Å²) in [5.41, 5.74) is 0.964. The first-order valence-corrected chi connectivity index (χ1v) is 10.7. The number of aliphatic hydroxyl groups excluding tert-OH is 1. The van der Waals surface area contributed by atoms with Crippen molar-refractivity contribution in [2.75, 3.05) is 26.8 Å². The summed E-state index contributed by atoms with van der Waals surface area (Å²) in [6.45, 7) is 4.18. The second-order valence-electron chi connectivity index (χ2n) is 8.47. The zero-order valence-electron chi connectivity index (χ0n) is 18.5. The molecule has 3 rings (SSSR count). The lowest BCUT2D eigenvalue weighted by Gasteiger charge is -2.33. The molecule has 1 aliphatic heterocycles. The first kappa shape index (κ1) is 22.8. The first-order valence-electron chi connectivity index (χ1n) is 10.7. The van der Waals surface area contributed by atoms with E-state index >= 15 is 0 Å². The number of carbonyl (C=O) groups excluding carboxylic acids is 2. The van der Waals surface area contributed by atoms with Gasteiger partial charge in [-0.1, -0.05) is 24.3 Å². The Morgan fingerprint density at radius 3 is 2.55 bits per heavy atom. The third kappa shape index (κ3) is 5.85. The summed E-state index contributed by atoms with van der Waals surface area (Å²) < 4.78 is 11.0. The number of methoxy groups -OCH3 is 1. The summed E-state index contributed by atoms with van der Waals surface area (Å²) in [5, 5.41) is 9.15. The lowest BCUT2D eigenvalue weighted by molar-refractivity contribution is -0.134. The van der Waals surface area contributed by atoms with E-state index in [2.05, 4.69) is 0 Å². The molecule has 1 amide bonds. The van der Waals surface area contributed by atoms with Crippen molar-refractivity contribution in [3.8, 4) is 11.5 Å². The monoisotopic (exact) mass is 425 g/mol. The van der Waals surface area contributed by atoms with Gasteiger partial charge in [-0.05, 0) is 62.1 Å². The smallest absolute Gasteiger partial charge is 0.227 e. The molecule has 0 aromatic heterocycles. The van der Waals surface area contributed by atoms with E-state index in [1.54, 1.807) is 21.0 Å². The minimum Gasteiger partial charge on any atom is -0.497 e. The fraction of sp³-hybridized carbons (Fsp3) is 0.440. The maximum atomic E-state index is 12.9. The second-order valence-corrected chi connectivity index (χ2v) is 8.47. The van der Waals surface area contributed by atoms with E-state index < -0.39 is 12.2 Å². The Hall–Kier alpha value is -2.86.